The molecule has 0 atom stereocenters. The Morgan fingerprint density at radius 2 is 2.18 bits per heavy atom. The topological polar surface area (TPSA) is 39.0 Å². The Morgan fingerprint density at radius 3 is 2.73 bits per heavy atom. The quantitative estimate of drug-likeness (QED) is 0.273. The first-order chi connectivity index (χ1) is 5.33. The van der Waals surface area contributed by atoms with Crippen LogP contribution in [0.1, 0.15) is 12.5 Å². The minimum atomic E-state index is 0.475. The normalized spacial score (nSPS) is 11.5. The highest BCUT2D eigenvalue weighted by Gasteiger charge is 1.89. The summed E-state index contributed by atoms with van der Waals surface area (Å²) in [6, 6.07) is 3.58. The number of pyridine rings is 1. The van der Waals surface area contributed by atoms with E-state index in [9.17, 15) is 5.21 Å². The molecule has 0 N–H and O–H groups in total. The van der Waals surface area contributed by atoms with E-state index in [1.807, 2.05) is 6.92 Å². The summed E-state index contributed by atoms with van der Waals surface area (Å²) in [5, 5.41) is 10.8. The highest BCUT2D eigenvalue weighted by atomic mass is 16.5. The number of hydrogen-bond acceptors (Lipinski definition) is 2. The Labute approximate surface area is 65.6 Å². The fourth-order valence-electron chi connectivity index (χ4n) is 0.707. The van der Waals surface area contributed by atoms with Crippen molar-refractivity contribution in [3.8, 4) is 0 Å². The summed E-state index contributed by atoms with van der Waals surface area (Å²) in [5.74, 6) is 0. The van der Waals surface area contributed by atoms with E-state index in [0.29, 0.717) is 6.54 Å². The van der Waals surface area contributed by atoms with Gasteiger partial charge in [0.15, 0.2) is 12.8 Å². The van der Waals surface area contributed by atoms with Crippen molar-refractivity contribution in [3.63, 3.8) is 0 Å². The zero-order chi connectivity index (χ0) is 8.10. The zero-order valence-corrected chi connectivity index (χ0v) is 6.40. The SMILES string of the molecule is CC[N+]([O-])=Cc1ccncc1. The van der Waals surface area contributed by atoms with E-state index in [4.69, 9.17) is 0 Å². The Bertz CT molecular complexity index is 244. The van der Waals surface area contributed by atoms with Crippen LogP contribution in [-0.4, -0.2) is 22.5 Å². The molecular weight excluding hydrogens is 140 g/mol. The third kappa shape index (κ3) is 2.37. The molecule has 58 valence electrons. The third-order valence-corrected chi connectivity index (χ3v) is 1.31. The molecule has 0 radical (unpaired) electrons. The maximum atomic E-state index is 10.8. The molecule has 11 heavy (non-hydrogen) atoms. The van der Waals surface area contributed by atoms with Gasteiger partial charge in [-0.3, -0.25) is 4.98 Å². The maximum absolute atomic E-state index is 10.8. The predicted molar refractivity (Wildman–Crippen MR) is 43.6 cm³/mol. The molecule has 0 fully saturated rings. The van der Waals surface area contributed by atoms with Crippen molar-refractivity contribution in [1.29, 1.82) is 0 Å². The first-order valence-electron chi connectivity index (χ1n) is 3.51. The average molecular weight is 150 g/mol. The van der Waals surface area contributed by atoms with Gasteiger partial charge < -0.3 is 5.21 Å². The van der Waals surface area contributed by atoms with Crippen molar-refractivity contribution in [2.24, 2.45) is 0 Å². The lowest BCUT2D eigenvalue weighted by Crippen LogP contribution is -2.03. The van der Waals surface area contributed by atoms with Crippen LogP contribution in [-0.2, 0) is 0 Å². The molecule has 0 aromatic carbocycles. The lowest BCUT2D eigenvalue weighted by atomic mass is 10.3. The van der Waals surface area contributed by atoms with Gasteiger partial charge >= 0.3 is 0 Å². The summed E-state index contributed by atoms with van der Waals surface area (Å²) in [6.45, 7) is 2.28. The predicted octanol–water partition coefficient (Wildman–Crippen LogP) is 1.03. The molecule has 1 heterocycles. The van der Waals surface area contributed by atoms with Crippen molar-refractivity contribution in [1.82, 2.24) is 4.98 Å². The van der Waals surface area contributed by atoms with Gasteiger partial charge in [-0.2, -0.15) is 0 Å². The van der Waals surface area contributed by atoms with E-state index in [2.05, 4.69) is 4.98 Å². The zero-order valence-electron chi connectivity index (χ0n) is 6.40. The van der Waals surface area contributed by atoms with E-state index in [-0.39, 0.29) is 0 Å². The minimum absolute atomic E-state index is 0.475. The number of nitrogens with zero attached hydrogens (tertiary/aromatic N) is 2. The molecule has 1 aromatic heterocycles. The summed E-state index contributed by atoms with van der Waals surface area (Å²) in [5.41, 5.74) is 0.886. The van der Waals surface area contributed by atoms with Crippen LogP contribution in [0.15, 0.2) is 24.5 Å². The summed E-state index contributed by atoms with van der Waals surface area (Å²) in [6.07, 6.45) is 4.87. The van der Waals surface area contributed by atoms with Crippen LogP contribution in [0.5, 0.6) is 0 Å². The number of hydroxylamine groups is 1. The van der Waals surface area contributed by atoms with E-state index in [1.165, 1.54) is 0 Å². The molecule has 0 bridgehead atoms. The molecule has 0 spiro atoms. The molecule has 0 aliphatic rings. The standard InChI is InChI=1S/C8H10N2O/c1-2-10(11)7-8-3-5-9-6-4-8/h3-7H,2H2,1H3. The molecule has 0 aliphatic carbocycles. The Kier molecular flexibility index (Phi) is 2.60. The molecular formula is C8H10N2O. The van der Waals surface area contributed by atoms with Crippen molar-refractivity contribution in [2.45, 2.75) is 6.92 Å². The second kappa shape index (κ2) is 3.71. The van der Waals surface area contributed by atoms with Gasteiger partial charge in [-0.05, 0) is 19.1 Å². The summed E-state index contributed by atoms with van der Waals surface area (Å²) in [7, 11) is 0. The van der Waals surface area contributed by atoms with E-state index in [0.717, 1.165) is 10.3 Å². The highest BCUT2D eigenvalue weighted by molar-refractivity contribution is 5.75. The van der Waals surface area contributed by atoms with Crippen molar-refractivity contribution in [2.75, 3.05) is 6.54 Å². The molecule has 0 unspecified atom stereocenters. The Morgan fingerprint density at radius 1 is 1.55 bits per heavy atom. The third-order valence-electron chi connectivity index (χ3n) is 1.31. The van der Waals surface area contributed by atoms with Gasteiger partial charge in [0.1, 0.15) is 0 Å². The largest absolute Gasteiger partial charge is 0.624 e. The number of aromatic nitrogens is 1. The highest BCUT2D eigenvalue weighted by Crippen LogP contribution is 1.90. The van der Waals surface area contributed by atoms with Gasteiger partial charge in [0.25, 0.3) is 0 Å². The number of rotatable bonds is 2. The van der Waals surface area contributed by atoms with Gasteiger partial charge in [0.2, 0.25) is 0 Å². The van der Waals surface area contributed by atoms with Crippen molar-refractivity contribution >= 4 is 6.21 Å². The van der Waals surface area contributed by atoms with Crippen LogP contribution in [0.25, 0.3) is 0 Å². The summed E-state index contributed by atoms with van der Waals surface area (Å²) < 4.78 is 0.884. The van der Waals surface area contributed by atoms with Gasteiger partial charge in [-0.15, -0.1) is 0 Å². The van der Waals surface area contributed by atoms with Crippen molar-refractivity contribution in [3.05, 3.63) is 35.3 Å². The van der Waals surface area contributed by atoms with Crippen LogP contribution < -0.4 is 0 Å². The molecule has 3 nitrogen and oxygen atoms in total. The lowest BCUT2D eigenvalue weighted by molar-refractivity contribution is -0.447. The smallest absolute Gasteiger partial charge is 0.181 e. The minimum Gasteiger partial charge on any atom is -0.624 e. The molecule has 0 saturated carbocycles. The second-order valence-corrected chi connectivity index (χ2v) is 2.14. The van der Waals surface area contributed by atoms with Gasteiger partial charge in [0.05, 0.1) is 0 Å². The van der Waals surface area contributed by atoms with Crippen molar-refractivity contribution < 1.29 is 4.74 Å². The van der Waals surface area contributed by atoms with Gasteiger partial charge in [0, 0.05) is 18.0 Å². The average Bonchev–Trinajstić information content (AvgIpc) is 2.06. The molecule has 0 amide bonds. The maximum Gasteiger partial charge on any atom is 0.181 e. The second-order valence-electron chi connectivity index (χ2n) is 2.14. The lowest BCUT2D eigenvalue weighted by Gasteiger charge is -1.98. The van der Waals surface area contributed by atoms with Crippen LogP contribution in [0.4, 0.5) is 0 Å². The molecule has 1 aromatic rings. The first-order valence-corrected chi connectivity index (χ1v) is 3.51. The fourth-order valence-corrected chi connectivity index (χ4v) is 0.707. The van der Waals surface area contributed by atoms with Crippen LogP contribution >= 0.6 is 0 Å². The molecule has 0 saturated heterocycles. The van der Waals surface area contributed by atoms with Gasteiger partial charge in [-0.25, -0.2) is 4.74 Å². The monoisotopic (exact) mass is 150 g/mol. The van der Waals surface area contributed by atoms with E-state index >= 15 is 0 Å². The molecule has 1 rings (SSSR count). The molecule has 3 heteroatoms. The summed E-state index contributed by atoms with van der Waals surface area (Å²) >= 11 is 0. The summed E-state index contributed by atoms with van der Waals surface area (Å²) in [4.78, 5) is 3.84. The number of hydrogen-bond donors (Lipinski definition) is 0. The van der Waals surface area contributed by atoms with Crippen LogP contribution in [0, 0.1) is 5.21 Å². The van der Waals surface area contributed by atoms with E-state index < -0.39 is 0 Å². The van der Waals surface area contributed by atoms with E-state index in [1.54, 1.807) is 30.7 Å². The first kappa shape index (κ1) is 7.72. The molecule has 0 aliphatic heterocycles. The Balaban J connectivity index is 2.79. The van der Waals surface area contributed by atoms with Crippen LogP contribution in [0.3, 0.4) is 0 Å². The van der Waals surface area contributed by atoms with Crippen LogP contribution in [0.2, 0.25) is 0 Å². The Hall–Kier alpha value is -1.38. The van der Waals surface area contributed by atoms with Gasteiger partial charge in [-0.1, -0.05) is 0 Å². The fraction of sp³-hybridized carbons (Fsp3) is 0.250.